The number of hydrogen-bond donors (Lipinski definition) is 2. The average molecular weight is 249 g/mol. The van der Waals surface area contributed by atoms with Crippen LogP contribution in [-0.4, -0.2) is 15.0 Å². The van der Waals surface area contributed by atoms with Gasteiger partial charge in [0, 0.05) is 0 Å². The van der Waals surface area contributed by atoms with E-state index in [-0.39, 0.29) is 12.0 Å². The minimum absolute atomic E-state index is 0.211. The molecule has 0 fully saturated rings. The topological polar surface area (TPSA) is 76.7 Å². The fraction of sp³-hybridized carbons (Fsp3) is 0.364. The third-order valence-electron chi connectivity index (χ3n) is 2.42. The summed E-state index contributed by atoms with van der Waals surface area (Å²) in [5, 5.41) is 7.46. The third-order valence-corrected chi connectivity index (χ3v) is 3.12. The molecule has 2 heterocycles. The quantitative estimate of drug-likeness (QED) is 0.870. The van der Waals surface area contributed by atoms with Crippen LogP contribution in [0.15, 0.2) is 16.8 Å². The zero-order chi connectivity index (χ0) is 12.3. The number of nitrogens with one attached hydrogen (secondary N) is 1. The van der Waals surface area contributed by atoms with Gasteiger partial charge in [-0.1, -0.05) is 6.92 Å². The Morgan fingerprint density at radius 3 is 2.82 bits per heavy atom. The molecule has 1 atom stereocenters. The van der Waals surface area contributed by atoms with E-state index in [1.165, 1.54) is 5.56 Å². The Bertz CT molecular complexity index is 462. The van der Waals surface area contributed by atoms with Gasteiger partial charge in [-0.15, -0.1) is 0 Å². The number of aryl methyl sites for hydroxylation is 1. The lowest BCUT2D eigenvalue weighted by molar-refractivity contribution is 0.738. The van der Waals surface area contributed by atoms with Crippen molar-refractivity contribution in [2.24, 2.45) is 0 Å². The Kier molecular flexibility index (Phi) is 3.53. The van der Waals surface area contributed by atoms with Gasteiger partial charge < -0.3 is 11.1 Å². The first-order chi connectivity index (χ1) is 8.19. The second-order valence-corrected chi connectivity index (χ2v) is 4.51. The molecule has 6 heteroatoms. The molecule has 90 valence electrons. The molecular weight excluding hydrogens is 234 g/mol. The number of aromatic nitrogens is 3. The first-order valence-corrected chi connectivity index (χ1v) is 6.40. The van der Waals surface area contributed by atoms with Crippen molar-refractivity contribution in [2.45, 2.75) is 26.3 Å². The SMILES string of the molecule is CCC(Nc1nc(C)nc(N)n1)c1ccsc1. The predicted octanol–water partition coefficient (Wildman–Crippen LogP) is 2.39. The Hall–Kier alpha value is -1.69. The number of thiophene rings is 1. The van der Waals surface area contributed by atoms with Gasteiger partial charge in [-0.25, -0.2) is 0 Å². The van der Waals surface area contributed by atoms with Gasteiger partial charge in [0.25, 0.3) is 0 Å². The Labute approximate surface area is 104 Å². The van der Waals surface area contributed by atoms with Crippen LogP contribution in [0.2, 0.25) is 0 Å². The van der Waals surface area contributed by atoms with Crippen LogP contribution in [0.4, 0.5) is 11.9 Å². The van der Waals surface area contributed by atoms with E-state index in [0.29, 0.717) is 11.8 Å². The van der Waals surface area contributed by atoms with E-state index >= 15 is 0 Å². The summed E-state index contributed by atoms with van der Waals surface area (Å²) < 4.78 is 0. The lowest BCUT2D eigenvalue weighted by atomic mass is 10.1. The van der Waals surface area contributed by atoms with Crippen molar-refractivity contribution in [1.82, 2.24) is 15.0 Å². The molecule has 0 saturated heterocycles. The molecule has 0 aliphatic heterocycles. The minimum Gasteiger partial charge on any atom is -0.368 e. The summed E-state index contributed by atoms with van der Waals surface area (Å²) in [5.41, 5.74) is 6.84. The highest BCUT2D eigenvalue weighted by Crippen LogP contribution is 2.22. The van der Waals surface area contributed by atoms with E-state index in [0.717, 1.165) is 6.42 Å². The summed E-state index contributed by atoms with van der Waals surface area (Å²) in [6.07, 6.45) is 0.960. The molecule has 0 aliphatic rings. The second-order valence-electron chi connectivity index (χ2n) is 3.73. The molecule has 5 nitrogen and oxygen atoms in total. The molecule has 2 rings (SSSR count). The highest BCUT2D eigenvalue weighted by atomic mass is 32.1. The molecule has 0 radical (unpaired) electrons. The molecular formula is C11H15N5S. The number of hydrogen-bond acceptors (Lipinski definition) is 6. The maximum absolute atomic E-state index is 5.60. The van der Waals surface area contributed by atoms with Crippen molar-refractivity contribution in [3.05, 3.63) is 28.2 Å². The molecule has 0 amide bonds. The van der Waals surface area contributed by atoms with Crippen molar-refractivity contribution in [3.8, 4) is 0 Å². The number of rotatable bonds is 4. The van der Waals surface area contributed by atoms with Gasteiger partial charge in [-0.2, -0.15) is 26.3 Å². The van der Waals surface area contributed by atoms with Crippen molar-refractivity contribution >= 4 is 23.2 Å². The summed E-state index contributed by atoms with van der Waals surface area (Å²) in [6.45, 7) is 3.92. The van der Waals surface area contributed by atoms with E-state index in [9.17, 15) is 0 Å². The zero-order valence-corrected chi connectivity index (χ0v) is 10.7. The number of nitrogens with zero attached hydrogens (tertiary/aromatic N) is 3. The maximum atomic E-state index is 5.60. The van der Waals surface area contributed by atoms with Crippen molar-refractivity contribution in [2.75, 3.05) is 11.1 Å². The molecule has 2 aromatic rings. The first-order valence-electron chi connectivity index (χ1n) is 5.46. The number of nitrogens with two attached hydrogens (primary N) is 1. The van der Waals surface area contributed by atoms with Crippen LogP contribution in [-0.2, 0) is 0 Å². The standard InChI is InChI=1S/C11H15N5S/c1-3-9(8-4-5-17-6-8)15-11-14-7(2)13-10(12)16-11/h4-6,9H,3H2,1-2H3,(H3,12,13,14,15,16). The van der Waals surface area contributed by atoms with Gasteiger partial charge in [0.05, 0.1) is 6.04 Å². The lowest BCUT2D eigenvalue weighted by Gasteiger charge is -2.15. The van der Waals surface area contributed by atoms with Gasteiger partial charge >= 0.3 is 0 Å². The van der Waals surface area contributed by atoms with Crippen LogP contribution >= 0.6 is 11.3 Å². The highest BCUT2D eigenvalue weighted by Gasteiger charge is 2.11. The molecule has 0 bridgehead atoms. The van der Waals surface area contributed by atoms with E-state index in [1.807, 2.05) is 0 Å². The normalized spacial score (nSPS) is 12.4. The van der Waals surface area contributed by atoms with Crippen molar-refractivity contribution in [1.29, 1.82) is 0 Å². The van der Waals surface area contributed by atoms with Gasteiger partial charge in [0.2, 0.25) is 11.9 Å². The summed E-state index contributed by atoms with van der Waals surface area (Å²) in [7, 11) is 0. The molecule has 17 heavy (non-hydrogen) atoms. The third kappa shape index (κ3) is 2.91. The molecule has 0 aromatic carbocycles. The summed E-state index contributed by atoms with van der Waals surface area (Å²) in [4.78, 5) is 12.2. The Morgan fingerprint density at radius 2 is 2.24 bits per heavy atom. The van der Waals surface area contributed by atoms with E-state index in [4.69, 9.17) is 5.73 Å². The molecule has 1 unspecified atom stereocenters. The summed E-state index contributed by atoms with van der Waals surface area (Å²) in [5.74, 6) is 1.41. The smallest absolute Gasteiger partial charge is 0.228 e. The van der Waals surface area contributed by atoms with E-state index in [2.05, 4.69) is 44.0 Å². The molecule has 2 aromatic heterocycles. The summed E-state index contributed by atoms with van der Waals surface area (Å²) >= 11 is 1.68. The molecule has 0 saturated carbocycles. The van der Waals surface area contributed by atoms with E-state index < -0.39 is 0 Å². The van der Waals surface area contributed by atoms with Crippen LogP contribution in [0, 0.1) is 6.92 Å². The second kappa shape index (κ2) is 5.09. The van der Waals surface area contributed by atoms with Crippen LogP contribution < -0.4 is 11.1 Å². The van der Waals surface area contributed by atoms with Gasteiger partial charge in [-0.05, 0) is 35.7 Å². The fourth-order valence-electron chi connectivity index (χ4n) is 1.62. The molecule has 3 N–H and O–H groups in total. The minimum atomic E-state index is 0.211. The average Bonchev–Trinajstić information content (AvgIpc) is 2.77. The molecule has 0 spiro atoms. The van der Waals surface area contributed by atoms with Crippen molar-refractivity contribution in [3.63, 3.8) is 0 Å². The Balaban J connectivity index is 2.18. The van der Waals surface area contributed by atoms with Crippen LogP contribution in [0.1, 0.15) is 30.8 Å². The number of nitrogen functional groups attached to an aromatic ring is 1. The van der Waals surface area contributed by atoms with Gasteiger partial charge in [0.1, 0.15) is 5.82 Å². The fourth-order valence-corrected chi connectivity index (χ4v) is 2.33. The summed E-state index contributed by atoms with van der Waals surface area (Å²) in [6, 6.07) is 2.31. The van der Waals surface area contributed by atoms with Crippen molar-refractivity contribution < 1.29 is 0 Å². The maximum Gasteiger partial charge on any atom is 0.228 e. The van der Waals surface area contributed by atoms with Crippen LogP contribution in [0.3, 0.4) is 0 Å². The van der Waals surface area contributed by atoms with Gasteiger partial charge in [-0.3, -0.25) is 0 Å². The predicted molar refractivity (Wildman–Crippen MR) is 70.0 cm³/mol. The monoisotopic (exact) mass is 249 g/mol. The van der Waals surface area contributed by atoms with Crippen LogP contribution in [0.25, 0.3) is 0 Å². The van der Waals surface area contributed by atoms with Gasteiger partial charge in [0.15, 0.2) is 0 Å². The lowest BCUT2D eigenvalue weighted by Crippen LogP contribution is -2.13. The first kappa shape index (κ1) is 11.8. The highest BCUT2D eigenvalue weighted by molar-refractivity contribution is 7.07. The van der Waals surface area contributed by atoms with E-state index in [1.54, 1.807) is 18.3 Å². The Morgan fingerprint density at radius 1 is 1.41 bits per heavy atom. The zero-order valence-electron chi connectivity index (χ0n) is 9.84. The largest absolute Gasteiger partial charge is 0.368 e. The molecule has 0 aliphatic carbocycles. The number of anilines is 2. The van der Waals surface area contributed by atoms with Crippen LogP contribution in [0.5, 0.6) is 0 Å².